The smallest absolute Gasteiger partial charge is 0.351 e. The van der Waals surface area contributed by atoms with Crippen molar-refractivity contribution >= 4 is 65.0 Å². The van der Waals surface area contributed by atoms with Crippen molar-refractivity contribution in [2.75, 3.05) is 68.5 Å². The van der Waals surface area contributed by atoms with Gasteiger partial charge in [0.2, 0.25) is 65.0 Å². The summed E-state index contributed by atoms with van der Waals surface area (Å²) in [6.07, 6.45) is 4.02. The number of alkyl halides is 3. The van der Waals surface area contributed by atoms with Crippen molar-refractivity contribution in [3.05, 3.63) is 0 Å². The molecule has 3 saturated carbocycles. The largest absolute Gasteiger partial charge is 0.391 e. The summed E-state index contributed by atoms with van der Waals surface area (Å²) in [6.45, 7) is 11.5. The number of hydrogen-bond donors (Lipinski definition) is 4. The molecule has 25 heteroatoms. The fourth-order valence-electron chi connectivity index (χ4n) is 14.0. The Balaban J connectivity index is 1.52. The molecule has 0 aromatic heterocycles. The van der Waals surface area contributed by atoms with E-state index < -0.39 is 150 Å². The number of hydrogen-bond acceptors (Lipinski definition) is 11. The van der Waals surface area contributed by atoms with Crippen LogP contribution in [0.3, 0.4) is 0 Å². The Bertz CT molecular complexity index is 2520. The molecule has 4 N–H and O–H groups in total. The van der Waals surface area contributed by atoms with Gasteiger partial charge >= 0.3 is 6.18 Å². The maximum atomic E-state index is 15.1. The molecule has 1 spiro atoms. The minimum absolute atomic E-state index is 0.0236. The van der Waals surface area contributed by atoms with Crippen molar-refractivity contribution in [1.82, 2.24) is 55.6 Å². The van der Waals surface area contributed by atoms with Gasteiger partial charge in [-0.1, -0.05) is 92.9 Å². The minimum atomic E-state index is -4.33. The third-order valence-electron chi connectivity index (χ3n) is 19.9. The van der Waals surface area contributed by atoms with Gasteiger partial charge in [0, 0.05) is 61.3 Å². The van der Waals surface area contributed by atoms with Crippen LogP contribution in [0.15, 0.2) is 0 Å². The molecule has 2 heterocycles. The van der Waals surface area contributed by atoms with Gasteiger partial charge in [0.15, 0.2) is 0 Å². The molecule has 510 valence electrons. The summed E-state index contributed by atoms with van der Waals surface area (Å²) < 4.78 is 41.2. The predicted molar refractivity (Wildman–Crippen MR) is 333 cm³/mol. The Morgan fingerprint density at radius 1 is 0.544 bits per heavy atom. The monoisotopic (exact) mass is 1280 g/mol. The topological polar surface area (TPSA) is 259 Å². The van der Waals surface area contributed by atoms with E-state index in [4.69, 9.17) is 0 Å². The summed E-state index contributed by atoms with van der Waals surface area (Å²) in [5.74, 6) is -8.57. The highest BCUT2D eigenvalue weighted by Crippen LogP contribution is 2.41. The van der Waals surface area contributed by atoms with Gasteiger partial charge in [-0.05, 0) is 120 Å². The summed E-state index contributed by atoms with van der Waals surface area (Å²) in [5, 5.41) is 11.7. The predicted octanol–water partition coefficient (Wildman–Crippen LogP) is 5.40. The lowest BCUT2D eigenvalue weighted by Crippen LogP contribution is -2.64. The molecule has 0 aromatic carbocycles. The molecule has 3 aliphatic carbocycles. The van der Waals surface area contributed by atoms with Crippen LogP contribution in [-0.4, -0.2) is 222 Å². The molecule has 11 amide bonds. The fourth-order valence-corrected chi connectivity index (χ4v) is 14.0. The number of amides is 11. The van der Waals surface area contributed by atoms with Crippen molar-refractivity contribution in [3.63, 3.8) is 0 Å². The lowest BCUT2D eigenvalue weighted by atomic mass is 9.79. The highest BCUT2D eigenvalue weighted by atomic mass is 19.4. The minimum Gasteiger partial charge on any atom is -0.351 e. The van der Waals surface area contributed by atoms with Crippen LogP contribution in [0, 0.1) is 35.5 Å². The molecule has 0 unspecified atom stereocenters. The lowest BCUT2D eigenvalue weighted by molar-refractivity contribution is -0.184. The van der Waals surface area contributed by atoms with Crippen LogP contribution in [0.2, 0.25) is 0 Å². The SMILES string of the molecule is CC[C@H](C)[C@@H]1NC(=O)[C@H](CC(C)C)N(C)C(=O)C[C@@H](C)NC(=O)[C@H](CC(C)C)N(C)C(=O)C2(CCCC2)NC(=O)[C@@H]2CCCN2C(=O)[C@H](CCC2CCC(C(F)(F)F)CC2)NC(=O)CN(C)C(=O)[C@H](CC2CCCCC2)N(C)C(=O)CN(C)C(=O)CN(C)C1=O. The van der Waals surface area contributed by atoms with Gasteiger partial charge in [-0.2, -0.15) is 13.2 Å². The molecule has 8 atom stereocenters. The van der Waals surface area contributed by atoms with Crippen molar-refractivity contribution in [1.29, 1.82) is 0 Å². The van der Waals surface area contributed by atoms with Crippen molar-refractivity contribution in [2.45, 2.75) is 244 Å². The Kier molecular flexibility index (Phi) is 27.8. The van der Waals surface area contributed by atoms with E-state index in [0.717, 1.165) is 37.0 Å². The van der Waals surface area contributed by atoms with Crippen LogP contribution < -0.4 is 21.3 Å². The van der Waals surface area contributed by atoms with Crippen LogP contribution in [0.1, 0.15) is 190 Å². The average Bonchev–Trinajstić information content (AvgIpc) is 1.65. The Labute approximate surface area is 532 Å². The fraction of sp³-hybridized carbons (Fsp3) is 0.831. The number of carbonyl (C=O) groups excluding carboxylic acids is 11. The quantitative estimate of drug-likeness (QED) is 0.204. The van der Waals surface area contributed by atoms with E-state index in [-0.39, 0.29) is 114 Å². The van der Waals surface area contributed by atoms with Crippen molar-refractivity contribution in [3.8, 4) is 0 Å². The number of carbonyl (C=O) groups is 11. The van der Waals surface area contributed by atoms with Crippen LogP contribution in [0.25, 0.3) is 0 Å². The van der Waals surface area contributed by atoms with Gasteiger partial charge in [-0.25, -0.2) is 0 Å². The number of fused-ring (bicyclic) bond motifs is 1. The van der Waals surface area contributed by atoms with E-state index in [9.17, 15) is 56.3 Å². The molecular weight excluding hydrogens is 1170 g/mol. The first-order chi connectivity index (χ1) is 42.2. The Morgan fingerprint density at radius 2 is 1.10 bits per heavy atom. The van der Waals surface area contributed by atoms with Gasteiger partial charge in [-0.3, -0.25) is 52.7 Å². The molecule has 0 radical (unpaired) electrons. The Morgan fingerprint density at radius 3 is 1.68 bits per heavy atom. The summed E-state index contributed by atoms with van der Waals surface area (Å²) in [7, 11) is 8.69. The number of rotatable bonds is 11. The highest BCUT2D eigenvalue weighted by molar-refractivity contribution is 5.99. The third kappa shape index (κ3) is 20.2. The third-order valence-corrected chi connectivity index (χ3v) is 19.9. The molecule has 2 aliphatic heterocycles. The molecular formula is C65H108F3N11O11. The van der Waals surface area contributed by atoms with E-state index in [1.807, 2.05) is 34.6 Å². The molecule has 5 aliphatic rings. The van der Waals surface area contributed by atoms with Crippen molar-refractivity contribution in [2.24, 2.45) is 35.5 Å². The summed E-state index contributed by atoms with van der Waals surface area (Å²) >= 11 is 0. The molecule has 22 nitrogen and oxygen atoms in total. The first-order valence-electron chi connectivity index (χ1n) is 33.3. The zero-order valence-corrected chi connectivity index (χ0v) is 56.1. The van der Waals surface area contributed by atoms with Gasteiger partial charge in [0.25, 0.3) is 0 Å². The van der Waals surface area contributed by atoms with Crippen LogP contribution in [-0.2, 0) is 52.7 Å². The second-order valence-corrected chi connectivity index (χ2v) is 28.0. The summed E-state index contributed by atoms with van der Waals surface area (Å²) in [5.41, 5.74) is -1.46. The summed E-state index contributed by atoms with van der Waals surface area (Å²) in [6, 6.07) is -7.43. The van der Waals surface area contributed by atoms with Gasteiger partial charge in [-0.15, -0.1) is 0 Å². The van der Waals surface area contributed by atoms with Gasteiger partial charge in [0.05, 0.1) is 25.6 Å². The molecule has 2 saturated heterocycles. The average molecular weight is 1280 g/mol. The molecule has 0 bridgehead atoms. The Hall–Kier alpha value is -6.04. The molecule has 0 aromatic rings. The second-order valence-electron chi connectivity index (χ2n) is 28.0. The lowest BCUT2D eigenvalue weighted by Gasteiger charge is -2.39. The normalized spacial score (nSPS) is 29.0. The van der Waals surface area contributed by atoms with E-state index in [0.29, 0.717) is 25.7 Å². The van der Waals surface area contributed by atoms with E-state index in [1.165, 1.54) is 71.7 Å². The molecule has 5 fully saturated rings. The van der Waals surface area contributed by atoms with Crippen LogP contribution in [0.5, 0.6) is 0 Å². The van der Waals surface area contributed by atoms with Crippen LogP contribution >= 0.6 is 0 Å². The summed E-state index contributed by atoms with van der Waals surface area (Å²) in [4.78, 5) is 169. The van der Waals surface area contributed by atoms with E-state index >= 15 is 9.59 Å². The molecule has 90 heavy (non-hydrogen) atoms. The van der Waals surface area contributed by atoms with Crippen molar-refractivity contribution < 1.29 is 65.9 Å². The van der Waals surface area contributed by atoms with E-state index in [2.05, 4.69) is 21.3 Å². The number of nitrogens with one attached hydrogen (secondary N) is 4. The van der Waals surface area contributed by atoms with E-state index in [1.54, 1.807) is 13.8 Å². The molecule has 5 rings (SSSR count). The first-order valence-corrected chi connectivity index (χ1v) is 33.3. The highest BCUT2D eigenvalue weighted by Gasteiger charge is 2.50. The number of halogens is 3. The maximum Gasteiger partial charge on any atom is 0.391 e. The van der Waals surface area contributed by atoms with Gasteiger partial charge in [0.1, 0.15) is 41.8 Å². The first kappa shape index (κ1) is 74.7. The van der Waals surface area contributed by atoms with Crippen LogP contribution in [0.4, 0.5) is 13.2 Å². The zero-order chi connectivity index (χ0) is 67.1. The van der Waals surface area contributed by atoms with Gasteiger partial charge < -0.3 is 55.6 Å². The standard InChI is InChI=1S/C65H108F3N11O11/c1-14-42(6)56-62(89)75(10)38-54(82)73(8)39-55(83)77(12)51(36-45-21-16-15-17-22-45)61(88)74(9)37-52(80)70-47(29-26-44-24-27-46(28-25-44)65(66,67)68)60(87)79-32-20-23-48(79)59(86)72-64(30-18-19-31-64)63(90)78(13)50(34-41(4)5)57(84)69-43(7)35-53(81)76(11)49(33-40(2)3)58(85)71-56/h40-51,56H,14-39H2,1-13H3,(H,69,84)(H,70,80)(H,71,85)(H,72,86)/t42-,43+,44?,46?,47-,48-,49-,50-,51-,56-/m0/s1. The number of nitrogens with zero attached hydrogens (tertiary/aromatic N) is 7. The number of likely N-dealkylation sites (N-methyl/N-ethyl adjacent to an activating group) is 6. The second kappa shape index (κ2) is 33.5. The maximum absolute atomic E-state index is 15.1. The zero-order valence-electron chi connectivity index (χ0n) is 56.1.